The lowest BCUT2D eigenvalue weighted by atomic mass is 9.71. The third-order valence-electron chi connectivity index (χ3n) is 11.1. The van der Waals surface area contributed by atoms with E-state index in [0.717, 1.165) is 14.2 Å². The van der Waals surface area contributed by atoms with Crippen molar-refractivity contribution in [1.29, 1.82) is 0 Å². The number of nitrogens with one attached hydrogen (secondary N) is 2. The lowest BCUT2D eigenvalue weighted by Crippen LogP contribution is -2.37. The quantitative estimate of drug-likeness (QED) is 0.0796. The zero-order valence-corrected chi connectivity index (χ0v) is 33.5. The Kier molecular flexibility index (Phi) is 11.1. The molecule has 2 aromatic carbocycles. The predicted molar refractivity (Wildman–Crippen MR) is 205 cm³/mol. The average molecular weight is 873 g/mol. The molecule has 0 unspecified atom stereocenters. The normalized spacial score (nSPS) is 19.9. The maximum Gasteiger partial charge on any atom is 0.306 e. The number of aliphatic imine (C=N–C) groups is 2. The molecule has 2 N–H and O–H groups in total. The van der Waals surface area contributed by atoms with Crippen LogP contribution >= 0.6 is 0 Å². The molecule has 18 heteroatoms. The summed E-state index contributed by atoms with van der Waals surface area (Å²) in [5.74, 6) is -26.1. The molecule has 0 amide bonds. The number of esters is 2. The number of hydrogen-bond donors (Lipinski definition) is 2. The molecular weight excluding hydrogens is 838 g/mol. The van der Waals surface area contributed by atoms with E-state index in [1.54, 1.807) is 27.7 Å². The molecule has 324 valence electrons. The van der Waals surface area contributed by atoms with Crippen molar-refractivity contribution in [1.82, 2.24) is 9.97 Å². The molecule has 0 saturated heterocycles. The minimum Gasteiger partial charge on any atom is -0.469 e. The Morgan fingerprint density at radius 1 is 0.516 bits per heavy atom. The maximum absolute atomic E-state index is 15.9. The molecule has 7 rings (SSSR count). The zero-order chi connectivity index (χ0) is 45.3. The van der Waals surface area contributed by atoms with E-state index >= 15 is 17.6 Å². The molecule has 0 radical (unpaired) electrons. The van der Waals surface area contributed by atoms with Crippen LogP contribution in [-0.2, 0) is 19.1 Å². The van der Waals surface area contributed by atoms with Gasteiger partial charge in [-0.25, -0.2) is 43.9 Å². The highest BCUT2D eigenvalue weighted by atomic mass is 19.2. The van der Waals surface area contributed by atoms with Gasteiger partial charge < -0.3 is 19.4 Å². The Morgan fingerprint density at radius 2 is 0.839 bits per heavy atom. The fourth-order valence-corrected chi connectivity index (χ4v) is 8.31. The fraction of sp³-hybridized carbons (Fsp3) is 0.273. The monoisotopic (exact) mass is 872 g/mol. The number of aromatic amines is 2. The van der Waals surface area contributed by atoms with Crippen LogP contribution in [0.5, 0.6) is 0 Å². The summed E-state index contributed by atoms with van der Waals surface area (Å²) in [5, 5.41) is 0. The van der Waals surface area contributed by atoms with Gasteiger partial charge in [-0.15, -0.1) is 0 Å². The number of hydrogen-bond acceptors (Lipinski definition) is 6. The van der Waals surface area contributed by atoms with E-state index in [0.29, 0.717) is 0 Å². The average Bonchev–Trinajstić information content (AvgIpc) is 4.07. The van der Waals surface area contributed by atoms with Gasteiger partial charge in [-0.05, 0) is 59.4 Å². The Labute approximate surface area is 346 Å². The minimum absolute atomic E-state index is 0.0100. The highest BCUT2D eigenvalue weighted by Gasteiger charge is 2.42. The number of fused-ring (bicyclic) bond motifs is 6. The first-order valence-electron chi connectivity index (χ1n) is 18.7. The van der Waals surface area contributed by atoms with Crippen LogP contribution in [0.4, 0.5) is 43.9 Å². The van der Waals surface area contributed by atoms with E-state index in [2.05, 4.69) is 20.0 Å². The number of rotatable bonds is 8. The van der Waals surface area contributed by atoms with Crippen molar-refractivity contribution in [2.75, 3.05) is 14.2 Å². The van der Waals surface area contributed by atoms with E-state index in [9.17, 15) is 35.9 Å². The van der Waals surface area contributed by atoms with Crippen LogP contribution in [0.15, 0.2) is 69.9 Å². The Hall–Kier alpha value is -6.46. The molecule has 0 atom stereocenters. The molecule has 0 aliphatic carbocycles. The smallest absolute Gasteiger partial charge is 0.306 e. The third kappa shape index (κ3) is 7.17. The molecule has 0 fully saturated rings. The second-order valence-corrected chi connectivity index (χ2v) is 16.2. The molecule has 2 aromatic heterocycles. The van der Waals surface area contributed by atoms with Crippen LogP contribution in [0.25, 0.3) is 11.1 Å². The van der Waals surface area contributed by atoms with Crippen LogP contribution < -0.4 is 0 Å². The molecule has 0 saturated carbocycles. The largest absolute Gasteiger partial charge is 0.469 e. The first-order chi connectivity index (χ1) is 29.1. The van der Waals surface area contributed by atoms with Gasteiger partial charge in [0, 0.05) is 45.8 Å². The van der Waals surface area contributed by atoms with Crippen molar-refractivity contribution >= 4 is 34.5 Å². The van der Waals surface area contributed by atoms with E-state index in [-0.39, 0.29) is 58.4 Å². The molecule has 8 nitrogen and oxygen atoms in total. The maximum atomic E-state index is 15.9. The second kappa shape index (κ2) is 15.8. The van der Waals surface area contributed by atoms with Crippen LogP contribution in [0.3, 0.4) is 0 Å². The summed E-state index contributed by atoms with van der Waals surface area (Å²) in [4.78, 5) is 40.8. The SMILES string of the molecule is COC(=O)CC(C)(C)C1C2=N/C(=C(/c3c(F)c(F)c(F)c(F)c3F)c3ccc([nH]3)C(C(C)(C)CC(=O)OC)c3ccc([nH]3)/C(c3c(F)c(F)c(F)c(F)c3F)=C3/C=CC1=N3)C=C2. The summed E-state index contributed by atoms with van der Waals surface area (Å²) in [6, 6.07) is 5.34. The van der Waals surface area contributed by atoms with Crippen molar-refractivity contribution in [3.63, 3.8) is 0 Å². The van der Waals surface area contributed by atoms with Crippen molar-refractivity contribution in [3.05, 3.63) is 152 Å². The summed E-state index contributed by atoms with van der Waals surface area (Å²) < 4.78 is 162. The lowest BCUT2D eigenvalue weighted by molar-refractivity contribution is -0.144. The van der Waals surface area contributed by atoms with Gasteiger partial charge in [0.25, 0.3) is 0 Å². The molecule has 0 spiro atoms. The number of allylic oxidation sites excluding steroid dienone is 4. The number of halogens is 10. The van der Waals surface area contributed by atoms with E-state index in [4.69, 9.17) is 9.47 Å². The van der Waals surface area contributed by atoms with E-state index < -0.39 is 115 Å². The minimum atomic E-state index is -2.40. The van der Waals surface area contributed by atoms with Crippen LogP contribution in [0.1, 0.15) is 80.4 Å². The first-order valence-corrected chi connectivity index (χ1v) is 18.7. The third-order valence-corrected chi connectivity index (χ3v) is 11.1. The van der Waals surface area contributed by atoms with Gasteiger partial charge in [-0.3, -0.25) is 19.6 Å². The molecule has 62 heavy (non-hydrogen) atoms. The topological polar surface area (TPSA) is 109 Å². The number of aromatic nitrogens is 2. The zero-order valence-electron chi connectivity index (χ0n) is 33.5. The van der Waals surface area contributed by atoms with Crippen molar-refractivity contribution in [2.24, 2.45) is 26.7 Å². The summed E-state index contributed by atoms with van der Waals surface area (Å²) in [6.07, 6.45) is 4.49. The number of nitrogens with zero attached hydrogens (tertiary/aromatic N) is 2. The molecule has 5 heterocycles. The lowest BCUT2D eigenvalue weighted by Gasteiger charge is -2.33. The van der Waals surface area contributed by atoms with Crippen LogP contribution in [-0.4, -0.2) is 47.5 Å². The van der Waals surface area contributed by atoms with Gasteiger partial charge in [-0.2, -0.15) is 0 Å². The van der Waals surface area contributed by atoms with Gasteiger partial charge in [0.05, 0.1) is 61.0 Å². The van der Waals surface area contributed by atoms with Crippen LogP contribution in [0, 0.1) is 74.9 Å². The predicted octanol–water partition coefficient (Wildman–Crippen LogP) is 10.2. The fourth-order valence-electron chi connectivity index (χ4n) is 8.31. The standard InChI is InChI=1S/C44H34F10N4O4/c1-43(2,15-25(59)61-5)31-21-11-7-17(55-21)27(29-33(45)37(49)41(53)38(50)34(29)46)19-9-13-23(57-19)32(44(3,4)16-26(60)62-6)24-14-10-20(58-24)28(18-8-12-22(31)56-18)30-35(47)39(51)42(54)40(52)36(30)48/h7-14,31-32,55-56H,15-16H2,1-6H3/b27-19+,28-20+. The number of carbonyl (C=O) groups excluding carboxylic acids is 2. The van der Waals surface area contributed by atoms with Crippen molar-refractivity contribution in [3.8, 4) is 0 Å². The Bertz CT molecular complexity index is 2570. The number of carbonyl (C=O) groups is 2. The number of ether oxygens (including phenoxy) is 2. The van der Waals surface area contributed by atoms with Gasteiger partial charge in [-0.1, -0.05) is 27.7 Å². The van der Waals surface area contributed by atoms with Gasteiger partial charge in [0.1, 0.15) is 0 Å². The molecule has 8 bridgehead atoms. The number of methoxy groups -OCH3 is 2. The number of H-pyrrole nitrogens is 2. The Morgan fingerprint density at radius 3 is 1.18 bits per heavy atom. The molecular formula is C44H34F10N4O4. The number of benzene rings is 2. The van der Waals surface area contributed by atoms with Crippen molar-refractivity contribution < 1.29 is 63.0 Å². The summed E-state index contributed by atoms with van der Waals surface area (Å²) in [5.41, 5.74) is -7.10. The summed E-state index contributed by atoms with van der Waals surface area (Å²) >= 11 is 0. The Balaban J connectivity index is 1.63. The molecule has 4 aromatic rings. The first kappa shape index (κ1) is 43.6. The van der Waals surface area contributed by atoms with Gasteiger partial charge in [0.2, 0.25) is 11.6 Å². The van der Waals surface area contributed by atoms with E-state index in [1.165, 1.54) is 48.6 Å². The highest BCUT2D eigenvalue weighted by molar-refractivity contribution is 6.20. The highest BCUT2D eigenvalue weighted by Crippen LogP contribution is 2.47. The summed E-state index contributed by atoms with van der Waals surface area (Å²) in [7, 11) is 2.26. The van der Waals surface area contributed by atoms with Crippen molar-refractivity contribution in [2.45, 2.75) is 46.5 Å². The van der Waals surface area contributed by atoms with Gasteiger partial charge in [0.15, 0.2) is 46.5 Å². The second-order valence-electron chi connectivity index (χ2n) is 16.2. The van der Waals surface area contributed by atoms with Gasteiger partial charge >= 0.3 is 11.9 Å². The molecule has 3 aliphatic heterocycles. The van der Waals surface area contributed by atoms with Crippen LogP contribution in [0.2, 0.25) is 0 Å². The summed E-state index contributed by atoms with van der Waals surface area (Å²) in [6.45, 7) is 6.40. The molecule has 3 aliphatic rings. The van der Waals surface area contributed by atoms with E-state index in [1.807, 2.05) is 0 Å².